The van der Waals surface area contributed by atoms with Gasteiger partial charge in [0.25, 0.3) is 0 Å². The number of carboxylic acids is 1. The Balaban J connectivity index is 1.89. The maximum Gasteiger partial charge on any atom is 0.327 e. The smallest absolute Gasteiger partial charge is 0.327 e. The first kappa shape index (κ1) is 12.9. The van der Waals surface area contributed by atoms with Gasteiger partial charge < -0.3 is 15.7 Å². The Morgan fingerprint density at radius 1 is 1.50 bits per heavy atom. The summed E-state index contributed by atoms with van der Waals surface area (Å²) >= 11 is 0. The Kier molecular flexibility index (Phi) is 3.58. The molecule has 0 aromatic rings. The molecule has 1 saturated carbocycles. The Bertz CT molecular complexity index is 394. The van der Waals surface area contributed by atoms with Gasteiger partial charge in [0.1, 0.15) is 6.04 Å². The van der Waals surface area contributed by atoms with E-state index in [-0.39, 0.29) is 23.7 Å². The molecule has 0 bridgehead atoms. The van der Waals surface area contributed by atoms with Gasteiger partial charge in [0, 0.05) is 12.3 Å². The molecule has 2 fully saturated rings. The molecule has 3 N–H and O–H groups in total. The quantitative estimate of drug-likeness (QED) is 0.612. The third kappa shape index (κ3) is 2.49. The van der Waals surface area contributed by atoms with E-state index < -0.39 is 12.0 Å². The van der Waals surface area contributed by atoms with Crippen LogP contribution in [0.3, 0.4) is 0 Å². The van der Waals surface area contributed by atoms with Gasteiger partial charge in [0.05, 0.1) is 0 Å². The summed E-state index contributed by atoms with van der Waals surface area (Å²) in [6, 6.07) is -0.957. The number of hydrogen-bond acceptors (Lipinski definition) is 3. The van der Waals surface area contributed by atoms with Gasteiger partial charge >= 0.3 is 5.97 Å². The summed E-state index contributed by atoms with van der Waals surface area (Å²) in [4.78, 5) is 22.9. The Labute approximate surface area is 106 Å². The summed E-state index contributed by atoms with van der Waals surface area (Å²) in [5, 5.41) is 14.8. The number of terminal acetylenes is 1. The maximum atomic E-state index is 12.0. The van der Waals surface area contributed by atoms with Crippen LogP contribution in [0, 0.1) is 23.7 Å². The van der Waals surface area contributed by atoms with E-state index in [0.29, 0.717) is 0 Å². The molecular formula is C13H18N2O3. The predicted molar refractivity (Wildman–Crippen MR) is 65.7 cm³/mol. The Morgan fingerprint density at radius 2 is 2.17 bits per heavy atom. The van der Waals surface area contributed by atoms with Crippen molar-refractivity contribution in [2.45, 2.75) is 31.7 Å². The zero-order valence-electron chi connectivity index (χ0n) is 10.2. The van der Waals surface area contributed by atoms with Crippen molar-refractivity contribution in [3.8, 4) is 12.3 Å². The largest absolute Gasteiger partial charge is 0.480 e. The molecule has 18 heavy (non-hydrogen) atoms. The normalized spacial score (nSPS) is 26.1. The van der Waals surface area contributed by atoms with E-state index in [9.17, 15) is 9.59 Å². The number of aliphatic carboxylic acids is 1. The Hall–Kier alpha value is -1.54. The van der Waals surface area contributed by atoms with Crippen molar-refractivity contribution < 1.29 is 14.7 Å². The van der Waals surface area contributed by atoms with E-state index in [1.807, 2.05) is 0 Å². The van der Waals surface area contributed by atoms with E-state index in [1.54, 1.807) is 0 Å². The molecule has 2 atom stereocenters. The van der Waals surface area contributed by atoms with Crippen LogP contribution in [0.25, 0.3) is 0 Å². The number of amides is 1. The molecule has 1 aliphatic carbocycles. The molecule has 2 rings (SSSR count). The van der Waals surface area contributed by atoms with Gasteiger partial charge in [-0.2, -0.15) is 0 Å². The van der Waals surface area contributed by atoms with Crippen LogP contribution < -0.4 is 10.6 Å². The molecule has 2 unspecified atom stereocenters. The van der Waals surface area contributed by atoms with Gasteiger partial charge in [0.15, 0.2) is 0 Å². The Morgan fingerprint density at radius 3 is 2.72 bits per heavy atom. The summed E-state index contributed by atoms with van der Waals surface area (Å²) < 4.78 is 0. The van der Waals surface area contributed by atoms with Crippen LogP contribution >= 0.6 is 0 Å². The molecule has 0 radical (unpaired) electrons. The van der Waals surface area contributed by atoms with Gasteiger partial charge in [-0.05, 0) is 37.8 Å². The third-order valence-corrected chi connectivity index (χ3v) is 4.04. The van der Waals surface area contributed by atoms with Crippen LogP contribution in [0.5, 0.6) is 0 Å². The van der Waals surface area contributed by atoms with Crippen molar-refractivity contribution in [2.75, 3.05) is 13.1 Å². The van der Waals surface area contributed by atoms with Crippen molar-refractivity contribution in [1.29, 1.82) is 0 Å². The monoisotopic (exact) mass is 250 g/mol. The lowest BCUT2D eigenvalue weighted by molar-refractivity contribution is -0.142. The highest BCUT2D eigenvalue weighted by Crippen LogP contribution is 2.58. The lowest BCUT2D eigenvalue weighted by Crippen LogP contribution is -2.42. The van der Waals surface area contributed by atoms with Crippen molar-refractivity contribution in [3.05, 3.63) is 0 Å². The van der Waals surface area contributed by atoms with Crippen LogP contribution in [0.2, 0.25) is 0 Å². The molecule has 5 heteroatoms. The maximum absolute atomic E-state index is 12.0. The number of rotatable bonds is 4. The van der Waals surface area contributed by atoms with Crippen LogP contribution in [-0.4, -0.2) is 36.1 Å². The first-order chi connectivity index (χ1) is 8.59. The molecule has 2 aliphatic rings. The van der Waals surface area contributed by atoms with Gasteiger partial charge in [-0.25, -0.2) is 4.79 Å². The van der Waals surface area contributed by atoms with Crippen LogP contribution in [0.15, 0.2) is 0 Å². The molecule has 1 heterocycles. The molecule has 0 aromatic carbocycles. The fraction of sp³-hybridized carbons (Fsp3) is 0.692. The minimum Gasteiger partial charge on any atom is -0.480 e. The predicted octanol–water partition coefficient (Wildman–Crippen LogP) is -0.0312. The molecule has 1 aliphatic heterocycles. The number of carbonyl (C=O) groups is 2. The summed E-state index contributed by atoms with van der Waals surface area (Å²) in [6.07, 6.45) is 8.00. The first-order valence-corrected chi connectivity index (χ1v) is 6.26. The molecule has 98 valence electrons. The number of nitrogens with one attached hydrogen (secondary N) is 2. The van der Waals surface area contributed by atoms with Crippen LogP contribution in [0.1, 0.15) is 25.7 Å². The second kappa shape index (κ2) is 4.99. The highest BCUT2D eigenvalue weighted by atomic mass is 16.4. The van der Waals surface area contributed by atoms with E-state index in [1.165, 1.54) is 0 Å². The van der Waals surface area contributed by atoms with Crippen molar-refractivity contribution in [3.63, 3.8) is 0 Å². The van der Waals surface area contributed by atoms with Crippen molar-refractivity contribution in [2.24, 2.45) is 11.3 Å². The number of carboxylic acid groups (broad SMARTS) is 1. The SMILES string of the molecule is C#CCC(NC(=O)C1CC12CCNCC2)C(=O)O. The second-order valence-corrected chi connectivity index (χ2v) is 5.18. The zero-order valence-corrected chi connectivity index (χ0v) is 10.2. The second-order valence-electron chi connectivity index (χ2n) is 5.18. The number of piperidine rings is 1. The summed E-state index contributed by atoms with van der Waals surface area (Å²) in [5.41, 5.74) is 0.120. The third-order valence-electron chi connectivity index (χ3n) is 4.04. The number of carbonyl (C=O) groups excluding carboxylic acids is 1. The van der Waals surface area contributed by atoms with E-state index in [0.717, 1.165) is 32.4 Å². The highest BCUT2D eigenvalue weighted by Gasteiger charge is 2.57. The molecule has 1 saturated heterocycles. The first-order valence-electron chi connectivity index (χ1n) is 6.26. The van der Waals surface area contributed by atoms with Gasteiger partial charge in [0.2, 0.25) is 5.91 Å². The van der Waals surface area contributed by atoms with Crippen LogP contribution in [-0.2, 0) is 9.59 Å². The van der Waals surface area contributed by atoms with Gasteiger partial charge in [-0.15, -0.1) is 12.3 Å². The summed E-state index contributed by atoms with van der Waals surface area (Å²) in [6.45, 7) is 1.88. The lowest BCUT2D eigenvalue weighted by Gasteiger charge is -2.23. The van der Waals surface area contributed by atoms with E-state index >= 15 is 0 Å². The molecule has 0 aromatic heterocycles. The van der Waals surface area contributed by atoms with Gasteiger partial charge in [-0.3, -0.25) is 4.79 Å². The molecular weight excluding hydrogens is 232 g/mol. The van der Waals surface area contributed by atoms with E-state index in [2.05, 4.69) is 16.6 Å². The molecule has 5 nitrogen and oxygen atoms in total. The zero-order chi connectivity index (χ0) is 13.2. The summed E-state index contributed by atoms with van der Waals surface area (Å²) in [5.74, 6) is 1.03. The number of hydrogen-bond donors (Lipinski definition) is 3. The highest BCUT2D eigenvalue weighted by molar-refractivity contribution is 5.87. The molecule has 1 amide bonds. The van der Waals surface area contributed by atoms with Crippen molar-refractivity contribution in [1.82, 2.24) is 10.6 Å². The van der Waals surface area contributed by atoms with Crippen LogP contribution in [0.4, 0.5) is 0 Å². The minimum absolute atomic E-state index is 0.0285. The fourth-order valence-electron chi connectivity index (χ4n) is 2.79. The topological polar surface area (TPSA) is 78.4 Å². The van der Waals surface area contributed by atoms with E-state index in [4.69, 9.17) is 11.5 Å². The lowest BCUT2D eigenvalue weighted by atomic mass is 9.91. The minimum atomic E-state index is -1.07. The van der Waals surface area contributed by atoms with Crippen molar-refractivity contribution >= 4 is 11.9 Å². The fourth-order valence-corrected chi connectivity index (χ4v) is 2.79. The molecule has 1 spiro atoms. The average molecular weight is 250 g/mol. The summed E-state index contributed by atoms with van der Waals surface area (Å²) in [7, 11) is 0. The standard InChI is InChI=1S/C13H18N2O3/c1-2-3-10(12(17)18)15-11(16)9-8-13(9)4-6-14-7-5-13/h1,9-10,14H,3-8H2,(H,15,16)(H,17,18). The van der Waals surface area contributed by atoms with Gasteiger partial charge in [-0.1, -0.05) is 0 Å². The average Bonchev–Trinajstić information content (AvgIpc) is 3.03.